The molecule has 0 aliphatic carbocycles. The van der Waals surface area contributed by atoms with E-state index in [2.05, 4.69) is 25.9 Å². The number of halogens is 1. The minimum atomic E-state index is 0.465. The number of methoxy groups -OCH3 is 1. The van der Waals surface area contributed by atoms with Crippen molar-refractivity contribution in [1.82, 2.24) is 14.5 Å². The van der Waals surface area contributed by atoms with Gasteiger partial charge in [0.15, 0.2) is 5.65 Å². The van der Waals surface area contributed by atoms with Crippen molar-refractivity contribution in [3.05, 3.63) is 65.5 Å². The normalized spacial score (nSPS) is 11.0. The Kier molecular flexibility index (Phi) is 3.89. The van der Waals surface area contributed by atoms with Crippen LogP contribution in [-0.2, 0) is 0 Å². The number of hydrogen-bond acceptors (Lipinski definition) is 4. The van der Waals surface area contributed by atoms with Crippen molar-refractivity contribution in [3.8, 4) is 22.6 Å². The van der Waals surface area contributed by atoms with Crippen molar-refractivity contribution in [2.45, 2.75) is 0 Å². The molecule has 0 aliphatic rings. The average molecular weight is 395 g/mol. The molecular weight excluding hydrogens is 380 g/mol. The monoisotopic (exact) mass is 394 g/mol. The first kappa shape index (κ1) is 15.7. The first-order valence-electron chi connectivity index (χ1n) is 7.69. The van der Waals surface area contributed by atoms with Crippen molar-refractivity contribution in [1.29, 1.82) is 0 Å². The van der Waals surface area contributed by atoms with E-state index in [1.807, 2.05) is 59.3 Å². The highest BCUT2D eigenvalue weighted by Gasteiger charge is 2.16. The van der Waals surface area contributed by atoms with Gasteiger partial charge in [0.25, 0.3) is 0 Å². The van der Waals surface area contributed by atoms with E-state index in [9.17, 15) is 0 Å². The highest BCUT2D eigenvalue weighted by atomic mass is 79.9. The van der Waals surface area contributed by atoms with Crippen molar-refractivity contribution < 1.29 is 4.74 Å². The van der Waals surface area contributed by atoms with E-state index in [0.29, 0.717) is 5.82 Å². The molecule has 0 bridgehead atoms. The van der Waals surface area contributed by atoms with Gasteiger partial charge >= 0.3 is 0 Å². The van der Waals surface area contributed by atoms with Crippen LogP contribution >= 0.6 is 15.9 Å². The molecule has 2 heterocycles. The van der Waals surface area contributed by atoms with Gasteiger partial charge in [-0.2, -0.15) is 0 Å². The molecule has 0 atom stereocenters. The summed E-state index contributed by atoms with van der Waals surface area (Å²) in [5.74, 6) is 1.27. The number of benzene rings is 2. The van der Waals surface area contributed by atoms with Crippen LogP contribution in [0, 0.1) is 0 Å². The summed E-state index contributed by atoms with van der Waals surface area (Å²) in [5, 5.41) is 0.843. The molecule has 0 saturated heterocycles. The zero-order valence-corrected chi connectivity index (χ0v) is 15.1. The molecule has 0 spiro atoms. The Labute approximate surface area is 153 Å². The van der Waals surface area contributed by atoms with Crippen LogP contribution in [0.3, 0.4) is 0 Å². The minimum absolute atomic E-state index is 0.465. The van der Waals surface area contributed by atoms with Crippen LogP contribution in [0.2, 0.25) is 0 Å². The lowest BCUT2D eigenvalue weighted by atomic mass is 10.1. The van der Waals surface area contributed by atoms with E-state index in [0.717, 1.165) is 38.1 Å². The number of rotatable bonds is 3. The smallest absolute Gasteiger partial charge is 0.150 e. The van der Waals surface area contributed by atoms with E-state index < -0.39 is 0 Å². The Morgan fingerprint density at radius 3 is 2.40 bits per heavy atom. The van der Waals surface area contributed by atoms with Gasteiger partial charge in [0.05, 0.1) is 12.5 Å². The zero-order valence-electron chi connectivity index (χ0n) is 13.5. The fourth-order valence-corrected chi connectivity index (χ4v) is 3.14. The van der Waals surface area contributed by atoms with Crippen LogP contribution in [0.15, 0.2) is 65.5 Å². The lowest BCUT2D eigenvalue weighted by Gasteiger charge is -2.04. The summed E-state index contributed by atoms with van der Waals surface area (Å²) >= 11 is 3.47. The lowest BCUT2D eigenvalue weighted by Crippen LogP contribution is -1.96. The number of ether oxygens (including phenoxy) is 1. The predicted molar refractivity (Wildman–Crippen MR) is 103 cm³/mol. The average Bonchev–Trinajstić information content (AvgIpc) is 3.03. The van der Waals surface area contributed by atoms with Gasteiger partial charge in [-0.25, -0.2) is 9.97 Å². The van der Waals surface area contributed by atoms with E-state index in [4.69, 9.17) is 10.5 Å². The maximum Gasteiger partial charge on any atom is 0.150 e. The van der Waals surface area contributed by atoms with Gasteiger partial charge in [0.1, 0.15) is 17.9 Å². The number of fused-ring (bicyclic) bond motifs is 1. The molecular formula is C19H15BrN4O. The number of hydrogen-bond donors (Lipinski definition) is 1. The molecule has 0 radical (unpaired) electrons. The Morgan fingerprint density at radius 1 is 1.00 bits per heavy atom. The Hall–Kier alpha value is -2.86. The molecule has 25 heavy (non-hydrogen) atoms. The van der Waals surface area contributed by atoms with Gasteiger partial charge in [-0.1, -0.05) is 28.1 Å². The van der Waals surface area contributed by atoms with Gasteiger partial charge in [-0.3, -0.25) is 0 Å². The fourth-order valence-electron chi connectivity index (χ4n) is 2.87. The molecule has 124 valence electrons. The number of nitrogens with two attached hydrogens (primary N) is 1. The molecule has 6 heteroatoms. The quantitative estimate of drug-likeness (QED) is 0.557. The third-order valence-corrected chi connectivity index (χ3v) is 4.65. The molecule has 0 saturated carbocycles. The van der Waals surface area contributed by atoms with Crippen LogP contribution in [0.25, 0.3) is 27.8 Å². The third-order valence-electron chi connectivity index (χ3n) is 4.12. The lowest BCUT2D eigenvalue weighted by molar-refractivity contribution is 0.415. The van der Waals surface area contributed by atoms with E-state index in [1.165, 1.54) is 6.33 Å². The Balaban J connectivity index is 1.96. The zero-order chi connectivity index (χ0) is 17.4. The highest BCUT2D eigenvalue weighted by Crippen LogP contribution is 2.35. The molecule has 0 aliphatic heterocycles. The number of nitrogen functional groups attached to an aromatic ring is 1. The summed E-state index contributed by atoms with van der Waals surface area (Å²) in [5.41, 5.74) is 9.97. The predicted octanol–water partition coefficient (Wildman–Crippen LogP) is 4.44. The molecule has 0 unspecified atom stereocenters. The number of aromatic nitrogens is 3. The van der Waals surface area contributed by atoms with Crippen molar-refractivity contribution in [2.24, 2.45) is 0 Å². The van der Waals surface area contributed by atoms with Crippen LogP contribution in [0.5, 0.6) is 5.75 Å². The molecule has 0 fully saturated rings. The molecule has 4 rings (SSSR count). The van der Waals surface area contributed by atoms with Crippen LogP contribution in [0.1, 0.15) is 0 Å². The standard InChI is InChI=1S/C19H15BrN4O/c1-25-15-8-2-12(3-9-15)16-10-24(14-6-4-13(20)5-7-14)19-17(16)18(21)22-11-23-19/h2-11H,1H3,(H2,21,22,23). The number of anilines is 1. The summed E-state index contributed by atoms with van der Waals surface area (Å²) in [4.78, 5) is 8.63. The largest absolute Gasteiger partial charge is 0.497 e. The second kappa shape index (κ2) is 6.22. The summed E-state index contributed by atoms with van der Waals surface area (Å²) < 4.78 is 8.30. The topological polar surface area (TPSA) is 66.0 Å². The summed E-state index contributed by atoms with van der Waals surface area (Å²) in [6.07, 6.45) is 3.53. The first-order valence-corrected chi connectivity index (χ1v) is 8.48. The van der Waals surface area contributed by atoms with Crippen molar-refractivity contribution in [2.75, 3.05) is 12.8 Å². The van der Waals surface area contributed by atoms with Gasteiger partial charge in [0.2, 0.25) is 0 Å². The molecule has 2 N–H and O–H groups in total. The second-order valence-corrected chi connectivity index (χ2v) is 6.49. The van der Waals surface area contributed by atoms with Gasteiger partial charge in [0, 0.05) is 21.9 Å². The molecule has 0 amide bonds. The fraction of sp³-hybridized carbons (Fsp3) is 0.0526. The SMILES string of the molecule is COc1ccc(-c2cn(-c3ccc(Br)cc3)c3ncnc(N)c23)cc1. The van der Waals surface area contributed by atoms with Gasteiger partial charge < -0.3 is 15.0 Å². The Bertz CT molecular complexity index is 1040. The summed E-state index contributed by atoms with van der Waals surface area (Å²) in [6.45, 7) is 0. The van der Waals surface area contributed by atoms with E-state index in [1.54, 1.807) is 7.11 Å². The summed E-state index contributed by atoms with van der Waals surface area (Å²) in [6, 6.07) is 15.9. The van der Waals surface area contributed by atoms with E-state index >= 15 is 0 Å². The second-order valence-electron chi connectivity index (χ2n) is 5.58. The van der Waals surface area contributed by atoms with Crippen LogP contribution in [0.4, 0.5) is 5.82 Å². The van der Waals surface area contributed by atoms with Crippen LogP contribution in [-0.4, -0.2) is 21.6 Å². The first-order chi connectivity index (χ1) is 12.2. The molecule has 5 nitrogen and oxygen atoms in total. The maximum atomic E-state index is 6.17. The van der Waals surface area contributed by atoms with Crippen LogP contribution < -0.4 is 10.5 Å². The maximum absolute atomic E-state index is 6.17. The van der Waals surface area contributed by atoms with Gasteiger partial charge in [-0.15, -0.1) is 0 Å². The van der Waals surface area contributed by atoms with Crippen molar-refractivity contribution in [3.63, 3.8) is 0 Å². The molecule has 2 aromatic heterocycles. The Morgan fingerprint density at radius 2 is 1.72 bits per heavy atom. The van der Waals surface area contributed by atoms with Gasteiger partial charge in [-0.05, 0) is 42.0 Å². The minimum Gasteiger partial charge on any atom is -0.497 e. The third kappa shape index (κ3) is 2.74. The number of nitrogens with zero attached hydrogens (tertiary/aromatic N) is 3. The molecule has 4 aromatic rings. The highest BCUT2D eigenvalue weighted by molar-refractivity contribution is 9.10. The summed E-state index contributed by atoms with van der Waals surface area (Å²) in [7, 11) is 1.65. The van der Waals surface area contributed by atoms with Crippen molar-refractivity contribution >= 4 is 32.8 Å². The molecule has 2 aromatic carbocycles. The van der Waals surface area contributed by atoms with E-state index in [-0.39, 0.29) is 0 Å².